The van der Waals surface area contributed by atoms with Crippen LogP contribution in [0.2, 0.25) is 0 Å². The molecule has 3 aromatic heterocycles. The minimum absolute atomic E-state index is 0.0861. The average molecular weight is 465 g/mol. The van der Waals surface area contributed by atoms with Crippen LogP contribution in [-0.2, 0) is 29.2 Å². The van der Waals surface area contributed by atoms with Gasteiger partial charge >= 0.3 is 5.97 Å². The number of fused-ring (bicyclic) bond motifs is 1. The molecule has 0 radical (unpaired) electrons. The fraction of sp³-hybridized carbons (Fsp3) is 0.375. The summed E-state index contributed by atoms with van der Waals surface area (Å²) in [5, 5.41) is 13.0. The Balaban J connectivity index is 1.69. The van der Waals surface area contributed by atoms with Crippen molar-refractivity contribution >= 4 is 16.9 Å². The maximum Gasteiger partial charge on any atom is 0.327 e. The molecule has 3 heterocycles. The molecule has 4 rings (SSSR count). The zero-order chi connectivity index (χ0) is 24.1. The van der Waals surface area contributed by atoms with Crippen LogP contribution in [0.1, 0.15) is 49.0 Å². The van der Waals surface area contributed by atoms with Gasteiger partial charge in [-0.2, -0.15) is 0 Å². The predicted octanol–water partition coefficient (Wildman–Crippen LogP) is 3.13. The van der Waals surface area contributed by atoms with Crippen LogP contribution >= 0.6 is 0 Å². The van der Waals surface area contributed by atoms with Crippen molar-refractivity contribution in [3.63, 3.8) is 0 Å². The van der Waals surface area contributed by atoms with E-state index in [-0.39, 0.29) is 24.8 Å². The van der Waals surface area contributed by atoms with Gasteiger partial charge in [-0.3, -0.25) is 14.5 Å². The lowest BCUT2D eigenvalue weighted by atomic mass is 10.1. The summed E-state index contributed by atoms with van der Waals surface area (Å²) in [5.41, 5.74) is 2.35. The van der Waals surface area contributed by atoms with Crippen LogP contribution in [0.25, 0.3) is 10.9 Å². The molecule has 0 aliphatic carbocycles. The predicted molar refractivity (Wildman–Crippen MR) is 125 cm³/mol. The molecule has 0 saturated heterocycles. The Morgan fingerprint density at radius 2 is 2.09 bits per heavy atom. The summed E-state index contributed by atoms with van der Waals surface area (Å²) < 4.78 is 12.1. The molecule has 1 atom stereocenters. The van der Waals surface area contributed by atoms with Gasteiger partial charge in [0.2, 0.25) is 0 Å². The molecule has 0 aliphatic rings. The van der Waals surface area contributed by atoms with Crippen molar-refractivity contribution in [1.29, 1.82) is 0 Å². The molecule has 0 aliphatic heterocycles. The van der Waals surface area contributed by atoms with Crippen molar-refractivity contribution in [2.24, 2.45) is 0 Å². The van der Waals surface area contributed by atoms with Gasteiger partial charge in [-0.25, -0.2) is 4.68 Å². The highest BCUT2D eigenvalue weighted by molar-refractivity contribution is 5.79. The fourth-order valence-electron chi connectivity index (χ4n) is 4.07. The summed E-state index contributed by atoms with van der Waals surface area (Å²) in [6, 6.07) is 11.3. The molecule has 0 fully saturated rings. The van der Waals surface area contributed by atoms with E-state index >= 15 is 0 Å². The van der Waals surface area contributed by atoms with Crippen molar-refractivity contribution < 1.29 is 13.9 Å². The first-order chi connectivity index (χ1) is 16.5. The van der Waals surface area contributed by atoms with Gasteiger partial charge in [0.1, 0.15) is 12.3 Å². The number of aryl methyl sites for hydroxylation is 1. The lowest BCUT2D eigenvalue weighted by Crippen LogP contribution is -2.32. The van der Waals surface area contributed by atoms with Crippen molar-refractivity contribution in [3.05, 3.63) is 75.7 Å². The van der Waals surface area contributed by atoms with Gasteiger partial charge < -0.3 is 14.1 Å². The zero-order valence-electron chi connectivity index (χ0n) is 19.5. The summed E-state index contributed by atoms with van der Waals surface area (Å²) in [4.78, 5) is 30.1. The lowest BCUT2D eigenvalue weighted by molar-refractivity contribution is -0.144. The maximum atomic E-state index is 13.0. The third-order valence-corrected chi connectivity index (χ3v) is 5.66. The van der Waals surface area contributed by atoms with E-state index in [0.29, 0.717) is 30.9 Å². The molecule has 10 heteroatoms. The van der Waals surface area contributed by atoms with Crippen LogP contribution in [0.5, 0.6) is 0 Å². The number of rotatable bonds is 10. The summed E-state index contributed by atoms with van der Waals surface area (Å²) in [6.07, 6.45) is 2.26. The Labute approximate surface area is 196 Å². The molecule has 0 bridgehead atoms. The van der Waals surface area contributed by atoms with Gasteiger partial charge in [0.05, 0.1) is 25.5 Å². The van der Waals surface area contributed by atoms with E-state index in [1.807, 2.05) is 50.2 Å². The number of ether oxygens (including phenoxy) is 1. The smallest absolute Gasteiger partial charge is 0.327 e. The summed E-state index contributed by atoms with van der Waals surface area (Å²) in [5.74, 6) is 0.857. The third-order valence-electron chi connectivity index (χ3n) is 5.66. The van der Waals surface area contributed by atoms with Gasteiger partial charge in [-0.05, 0) is 65.9 Å². The second-order valence-corrected chi connectivity index (χ2v) is 8.12. The number of furan rings is 1. The second-order valence-electron chi connectivity index (χ2n) is 8.12. The van der Waals surface area contributed by atoms with E-state index in [1.165, 1.54) is 4.68 Å². The topological polar surface area (TPSA) is 119 Å². The number of pyridine rings is 1. The minimum Gasteiger partial charge on any atom is -0.468 e. The first-order valence-electron chi connectivity index (χ1n) is 11.3. The summed E-state index contributed by atoms with van der Waals surface area (Å²) in [6.45, 7) is 6.72. The molecular weight excluding hydrogens is 436 g/mol. The number of nitrogens with zero attached hydrogens (tertiary/aromatic N) is 5. The number of H-pyrrole nitrogens is 1. The number of hydrogen-bond acceptors (Lipinski definition) is 8. The standard InChI is InChI=1S/C24H28N6O4/c1-4-21(23-26-27-28-30(23)15-22(31)33-5-2)29(14-19-7-6-10-34-19)13-18-12-17-9-8-16(3)11-20(17)25-24(18)32/h6-12,21H,4-5,13-15H2,1-3H3,(H,25,32)/t21-/m0/s1. The molecule has 4 aromatic rings. The number of carbonyl (C=O) groups excluding carboxylic acids is 1. The number of benzene rings is 1. The maximum absolute atomic E-state index is 13.0. The van der Waals surface area contributed by atoms with E-state index in [0.717, 1.165) is 22.2 Å². The van der Waals surface area contributed by atoms with Gasteiger partial charge in [-0.1, -0.05) is 19.1 Å². The first kappa shape index (κ1) is 23.4. The van der Waals surface area contributed by atoms with Gasteiger partial charge in [0, 0.05) is 17.6 Å². The van der Waals surface area contributed by atoms with Crippen molar-refractivity contribution in [2.75, 3.05) is 6.61 Å². The van der Waals surface area contributed by atoms with E-state index < -0.39 is 5.97 Å². The minimum atomic E-state index is -0.412. The molecule has 34 heavy (non-hydrogen) atoms. The van der Waals surface area contributed by atoms with E-state index in [4.69, 9.17) is 9.15 Å². The molecule has 0 spiro atoms. The molecule has 1 N–H and O–H groups in total. The van der Waals surface area contributed by atoms with E-state index in [9.17, 15) is 9.59 Å². The average Bonchev–Trinajstić information content (AvgIpc) is 3.47. The zero-order valence-corrected chi connectivity index (χ0v) is 19.5. The fourth-order valence-corrected chi connectivity index (χ4v) is 4.07. The number of esters is 1. The normalized spacial score (nSPS) is 12.4. The molecule has 0 unspecified atom stereocenters. The van der Waals surface area contributed by atoms with Crippen LogP contribution in [0.3, 0.4) is 0 Å². The Morgan fingerprint density at radius 3 is 2.82 bits per heavy atom. The highest BCUT2D eigenvalue weighted by Crippen LogP contribution is 2.26. The van der Waals surface area contributed by atoms with Crippen molar-refractivity contribution in [2.45, 2.75) is 52.9 Å². The summed E-state index contributed by atoms with van der Waals surface area (Å²) >= 11 is 0. The third kappa shape index (κ3) is 5.23. The Morgan fingerprint density at radius 1 is 1.24 bits per heavy atom. The number of tetrazole rings is 1. The Hall–Kier alpha value is -3.79. The van der Waals surface area contributed by atoms with Gasteiger partial charge in [0.15, 0.2) is 5.82 Å². The lowest BCUT2D eigenvalue weighted by Gasteiger charge is -2.29. The number of aromatic nitrogens is 5. The van der Waals surface area contributed by atoms with Crippen LogP contribution < -0.4 is 5.56 Å². The molecule has 10 nitrogen and oxygen atoms in total. The SMILES string of the molecule is CCOC(=O)Cn1nnnc1[C@H](CC)N(Cc1ccco1)Cc1cc2ccc(C)cc2[nH]c1=O. The quantitative estimate of drug-likeness (QED) is 0.356. The van der Waals surface area contributed by atoms with Crippen LogP contribution in [0.4, 0.5) is 0 Å². The second kappa shape index (κ2) is 10.4. The van der Waals surface area contributed by atoms with Gasteiger partial charge in [0.25, 0.3) is 5.56 Å². The monoisotopic (exact) mass is 464 g/mol. The molecular formula is C24H28N6O4. The van der Waals surface area contributed by atoms with Crippen LogP contribution in [0, 0.1) is 6.92 Å². The molecule has 0 saturated carbocycles. The van der Waals surface area contributed by atoms with Crippen molar-refractivity contribution in [1.82, 2.24) is 30.1 Å². The number of carbonyl (C=O) groups is 1. The molecule has 1 aromatic carbocycles. The first-order valence-corrected chi connectivity index (χ1v) is 11.3. The van der Waals surface area contributed by atoms with Crippen LogP contribution in [0.15, 0.2) is 51.9 Å². The van der Waals surface area contributed by atoms with Crippen LogP contribution in [-0.4, -0.2) is 42.7 Å². The number of aromatic amines is 1. The Bertz CT molecular complexity index is 1310. The Kier molecular flexibility index (Phi) is 7.17. The van der Waals surface area contributed by atoms with E-state index in [2.05, 4.69) is 25.4 Å². The summed E-state index contributed by atoms with van der Waals surface area (Å²) in [7, 11) is 0. The largest absolute Gasteiger partial charge is 0.468 e. The highest BCUT2D eigenvalue weighted by atomic mass is 16.5. The number of nitrogens with one attached hydrogen (secondary N) is 1. The van der Waals surface area contributed by atoms with Gasteiger partial charge in [-0.15, -0.1) is 5.10 Å². The molecule has 0 amide bonds. The van der Waals surface area contributed by atoms with E-state index in [1.54, 1.807) is 13.2 Å². The highest BCUT2D eigenvalue weighted by Gasteiger charge is 2.27. The van der Waals surface area contributed by atoms with Crippen molar-refractivity contribution in [3.8, 4) is 0 Å². The molecule has 178 valence electrons. The number of hydrogen-bond donors (Lipinski definition) is 1.